The summed E-state index contributed by atoms with van der Waals surface area (Å²) >= 11 is 1.49. The topological polar surface area (TPSA) is 76.1 Å². The number of H-pyrrole nitrogens is 1. The molecule has 0 unspecified atom stereocenters. The first-order valence-electron chi connectivity index (χ1n) is 10.7. The smallest absolute Gasteiger partial charge is 0.270 e. The van der Waals surface area contributed by atoms with Crippen LogP contribution in [0.5, 0.6) is 5.75 Å². The number of rotatable bonds is 5. The van der Waals surface area contributed by atoms with Crippen molar-refractivity contribution in [2.24, 2.45) is 0 Å². The van der Waals surface area contributed by atoms with Crippen LogP contribution in [0.1, 0.15) is 53.7 Å². The second-order valence-corrected chi connectivity index (χ2v) is 9.19. The van der Waals surface area contributed by atoms with Crippen LogP contribution in [-0.4, -0.2) is 21.4 Å². The molecule has 7 heteroatoms. The lowest BCUT2D eigenvalue weighted by molar-refractivity contribution is -0.113. The molecule has 1 atom stereocenters. The molecule has 160 valence electrons. The molecule has 2 aliphatic rings. The molecule has 1 amide bonds. The van der Waals surface area contributed by atoms with E-state index in [2.05, 4.69) is 10.4 Å². The van der Waals surface area contributed by atoms with Gasteiger partial charge in [0.2, 0.25) is 5.91 Å². The van der Waals surface area contributed by atoms with Gasteiger partial charge < -0.3 is 10.1 Å². The summed E-state index contributed by atoms with van der Waals surface area (Å²) in [4.78, 5) is 25.3. The predicted molar refractivity (Wildman–Crippen MR) is 123 cm³/mol. The lowest BCUT2D eigenvalue weighted by atomic mass is 10.1. The van der Waals surface area contributed by atoms with Gasteiger partial charge in [-0.2, -0.15) is 0 Å². The Bertz CT molecular complexity index is 1120. The Balaban J connectivity index is 1.41. The van der Waals surface area contributed by atoms with E-state index in [1.807, 2.05) is 59.3 Å². The Kier molecular flexibility index (Phi) is 5.59. The Morgan fingerprint density at radius 3 is 2.48 bits per heavy atom. The highest BCUT2D eigenvalue weighted by Crippen LogP contribution is 2.42. The van der Waals surface area contributed by atoms with Gasteiger partial charge in [0.15, 0.2) is 0 Å². The highest BCUT2D eigenvalue weighted by atomic mass is 32.2. The zero-order chi connectivity index (χ0) is 21.2. The van der Waals surface area contributed by atoms with Crippen LogP contribution >= 0.6 is 11.8 Å². The van der Waals surface area contributed by atoms with Crippen LogP contribution in [0.4, 0.5) is 5.82 Å². The number of carbonyl (C=O) groups is 1. The fourth-order valence-electron chi connectivity index (χ4n) is 4.42. The van der Waals surface area contributed by atoms with Crippen molar-refractivity contribution >= 4 is 23.5 Å². The number of carbonyl (C=O) groups excluding carboxylic acids is 1. The summed E-state index contributed by atoms with van der Waals surface area (Å²) in [6, 6.07) is 18.1. The Hall–Kier alpha value is -2.93. The maximum atomic E-state index is 12.9. The summed E-state index contributed by atoms with van der Waals surface area (Å²) in [7, 11) is 0. The number of hydrogen-bond acceptors (Lipinski definition) is 4. The second-order valence-electron chi connectivity index (χ2n) is 8.09. The van der Waals surface area contributed by atoms with Crippen molar-refractivity contribution in [3.05, 3.63) is 81.6 Å². The molecule has 2 heterocycles. The molecule has 1 aliphatic heterocycles. The van der Waals surface area contributed by atoms with E-state index in [0.717, 1.165) is 42.6 Å². The van der Waals surface area contributed by atoms with Gasteiger partial charge in [0.25, 0.3) is 5.56 Å². The highest BCUT2D eigenvalue weighted by Gasteiger charge is 2.32. The average Bonchev–Trinajstić information content (AvgIpc) is 3.39. The van der Waals surface area contributed by atoms with E-state index < -0.39 is 0 Å². The molecule has 1 fully saturated rings. The van der Waals surface area contributed by atoms with Gasteiger partial charge >= 0.3 is 0 Å². The van der Waals surface area contributed by atoms with Gasteiger partial charge in [-0.1, -0.05) is 55.3 Å². The zero-order valence-corrected chi connectivity index (χ0v) is 18.0. The molecule has 1 aliphatic carbocycles. The predicted octanol–water partition coefficient (Wildman–Crippen LogP) is 4.65. The molecular formula is C24H25N3O3S. The average molecular weight is 436 g/mol. The largest absolute Gasteiger partial charge is 0.489 e. The number of aromatic amines is 1. The van der Waals surface area contributed by atoms with Crippen molar-refractivity contribution in [2.45, 2.75) is 43.6 Å². The number of anilines is 1. The molecule has 2 aromatic carbocycles. The first-order valence-corrected chi connectivity index (χ1v) is 11.8. The van der Waals surface area contributed by atoms with Gasteiger partial charge in [0.1, 0.15) is 18.2 Å². The van der Waals surface area contributed by atoms with Crippen molar-refractivity contribution in [2.75, 3.05) is 11.1 Å². The summed E-state index contributed by atoms with van der Waals surface area (Å²) in [6.07, 6.45) is 4.35. The van der Waals surface area contributed by atoms with E-state index in [0.29, 0.717) is 23.7 Å². The third-order valence-corrected chi connectivity index (χ3v) is 7.25. The summed E-state index contributed by atoms with van der Waals surface area (Å²) in [5.74, 6) is 1.66. The summed E-state index contributed by atoms with van der Waals surface area (Å²) in [6.45, 7) is 0.505. The van der Waals surface area contributed by atoms with Gasteiger partial charge in [0, 0.05) is 0 Å². The first kappa shape index (κ1) is 20.0. The molecule has 6 nitrogen and oxygen atoms in total. The van der Waals surface area contributed by atoms with Crippen LogP contribution in [0, 0.1) is 0 Å². The molecule has 0 radical (unpaired) electrons. The standard InChI is InChI=1S/C24H25N3O3S/c28-20-15-31-22(21-23(25-20)27(26-24(21)29)18-8-4-5-9-18)17-10-12-19(13-11-17)30-14-16-6-2-1-3-7-16/h1-3,6-7,10-13,18,22H,4-5,8-9,14-15H2,(H,25,28)(H,26,29)/t22-/m0/s1. The van der Waals surface area contributed by atoms with Gasteiger partial charge in [-0.15, -0.1) is 11.8 Å². The molecule has 3 aromatic rings. The molecule has 1 aromatic heterocycles. The maximum absolute atomic E-state index is 12.9. The zero-order valence-electron chi connectivity index (χ0n) is 17.2. The Labute approximate surface area is 185 Å². The molecule has 31 heavy (non-hydrogen) atoms. The lowest BCUT2D eigenvalue weighted by Crippen LogP contribution is -2.18. The van der Waals surface area contributed by atoms with E-state index in [-0.39, 0.29) is 22.8 Å². The monoisotopic (exact) mass is 435 g/mol. The molecule has 0 saturated heterocycles. The van der Waals surface area contributed by atoms with E-state index in [1.165, 1.54) is 11.8 Å². The van der Waals surface area contributed by atoms with Crippen LogP contribution in [-0.2, 0) is 11.4 Å². The molecular weight excluding hydrogens is 410 g/mol. The number of thioether (sulfide) groups is 1. The number of nitrogens with one attached hydrogen (secondary N) is 2. The maximum Gasteiger partial charge on any atom is 0.270 e. The van der Waals surface area contributed by atoms with Crippen LogP contribution in [0.3, 0.4) is 0 Å². The van der Waals surface area contributed by atoms with Crippen molar-refractivity contribution in [1.82, 2.24) is 9.78 Å². The number of amides is 1. The minimum atomic E-state index is -0.205. The minimum Gasteiger partial charge on any atom is -0.489 e. The van der Waals surface area contributed by atoms with Crippen LogP contribution in [0.2, 0.25) is 0 Å². The molecule has 2 N–H and O–H groups in total. The summed E-state index contributed by atoms with van der Waals surface area (Å²) in [5.41, 5.74) is 2.62. The first-order chi connectivity index (χ1) is 15.2. The SMILES string of the molecule is O=C1CS[C@@H](c2ccc(OCc3ccccc3)cc2)c2c(n(C3CCCC3)[nH]c2=O)N1. The normalized spacial score (nSPS) is 19.0. The fourth-order valence-corrected chi connectivity index (χ4v) is 5.55. The fraction of sp³-hybridized carbons (Fsp3) is 0.333. The number of benzene rings is 2. The Morgan fingerprint density at radius 2 is 1.74 bits per heavy atom. The van der Waals surface area contributed by atoms with Gasteiger partial charge in [-0.25, -0.2) is 0 Å². The highest BCUT2D eigenvalue weighted by molar-refractivity contribution is 8.00. The van der Waals surface area contributed by atoms with Crippen LogP contribution in [0.15, 0.2) is 59.4 Å². The minimum absolute atomic E-state index is 0.0673. The van der Waals surface area contributed by atoms with E-state index >= 15 is 0 Å². The number of nitrogens with zero attached hydrogens (tertiary/aromatic N) is 1. The molecule has 5 rings (SSSR count). The van der Waals surface area contributed by atoms with Crippen LogP contribution in [0.25, 0.3) is 0 Å². The number of fused-ring (bicyclic) bond motifs is 1. The summed E-state index contributed by atoms with van der Waals surface area (Å²) in [5, 5.41) is 5.78. The van der Waals surface area contributed by atoms with Crippen molar-refractivity contribution in [3.63, 3.8) is 0 Å². The van der Waals surface area contributed by atoms with Crippen LogP contribution < -0.4 is 15.6 Å². The third-order valence-electron chi connectivity index (χ3n) is 5.98. The molecule has 1 saturated carbocycles. The Morgan fingerprint density at radius 1 is 1.00 bits per heavy atom. The van der Waals surface area contributed by atoms with Gasteiger partial charge in [-0.05, 0) is 36.1 Å². The number of aromatic nitrogens is 2. The van der Waals surface area contributed by atoms with Gasteiger partial charge in [0.05, 0.1) is 22.6 Å². The number of hydrogen-bond donors (Lipinski definition) is 2. The van der Waals surface area contributed by atoms with E-state index in [4.69, 9.17) is 4.74 Å². The summed E-state index contributed by atoms with van der Waals surface area (Å²) < 4.78 is 7.80. The quantitative estimate of drug-likeness (QED) is 0.612. The van der Waals surface area contributed by atoms with Crippen molar-refractivity contribution < 1.29 is 9.53 Å². The lowest BCUT2D eigenvalue weighted by Gasteiger charge is -2.17. The van der Waals surface area contributed by atoms with Crippen molar-refractivity contribution in [1.29, 1.82) is 0 Å². The van der Waals surface area contributed by atoms with Crippen molar-refractivity contribution in [3.8, 4) is 5.75 Å². The number of ether oxygens (including phenoxy) is 1. The molecule has 0 spiro atoms. The second kappa shape index (κ2) is 8.67. The van der Waals surface area contributed by atoms with Gasteiger partial charge in [-0.3, -0.25) is 19.4 Å². The van der Waals surface area contributed by atoms with E-state index in [1.54, 1.807) is 0 Å². The molecule has 0 bridgehead atoms. The van der Waals surface area contributed by atoms with E-state index in [9.17, 15) is 9.59 Å². The third kappa shape index (κ3) is 4.14.